The van der Waals surface area contributed by atoms with Gasteiger partial charge in [-0.05, 0) is 56.2 Å². The van der Waals surface area contributed by atoms with Crippen LogP contribution in [0.1, 0.15) is 24.1 Å². The lowest BCUT2D eigenvalue weighted by Gasteiger charge is -2.19. The average Bonchev–Trinajstić information content (AvgIpc) is 2.65. The van der Waals surface area contributed by atoms with Crippen molar-refractivity contribution in [2.75, 3.05) is 26.1 Å². The Kier molecular flexibility index (Phi) is 6.75. The first kappa shape index (κ1) is 20.4. The topological polar surface area (TPSA) is 53.4 Å². The number of methoxy groups -OCH3 is 1. The molecule has 0 saturated carbocycles. The third kappa shape index (κ3) is 4.75. The van der Waals surface area contributed by atoms with E-state index >= 15 is 0 Å². The van der Waals surface area contributed by atoms with Gasteiger partial charge in [0, 0.05) is 12.9 Å². The van der Waals surface area contributed by atoms with Crippen molar-refractivity contribution in [1.82, 2.24) is 9.55 Å². The van der Waals surface area contributed by atoms with Gasteiger partial charge in [-0.15, -0.1) is 0 Å². The van der Waals surface area contributed by atoms with E-state index in [0.717, 1.165) is 5.75 Å². The molecular weight excluding hydrogens is 372 g/mol. The number of aryl methyl sites for hydroxylation is 2. The van der Waals surface area contributed by atoms with Crippen LogP contribution in [0.25, 0.3) is 10.9 Å². The molecule has 1 unspecified atom stereocenters. The second kappa shape index (κ2) is 9.26. The van der Waals surface area contributed by atoms with Crippen molar-refractivity contribution in [1.29, 1.82) is 0 Å². The minimum atomic E-state index is -0.0996. The molecule has 0 radical (unpaired) electrons. The standard InChI is InChI=1S/C22H26N2O3S/c1-15-11-16(2)13-18(12-15)27-9-10-28-22-23-20-8-6-5-7-19(20)21(25)24(22)17(3)14-26-4/h5-8,11-13,17H,9-10,14H2,1-4H3. The Morgan fingerprint density at radius 2 is 1.86 bits per heavy atom. The van der Waals surface area contributed by atoms with Crippen LogP contribution in [0.5, 0.6) is 5.75 Å². The molecule has 1 atom stereocenters. The maximum absolute atomic E-state index is 13.0. The van der Waals surface area contributed by atoms with Gasteiger partial charge in [0.15, 0.2) is 5.16 Å². The third-order valence-electron chi connectivity index (χ3n) is 4.40. The molecule has 28 heavy (non-hydrogen) atoms. The Bertz CT molecular complexity index is 996. The van der Waals surface area contributed by atoms with Gasteiger partial charge in [-0.1, -0.05) is 30.0 Å². The molecule has 0 amide bonds. The number of nitrogens with zero attached hydrogens (tertiary/aromatic N) is 2. The van der Waals surface area contributed by atoms with Crippen molar-refractivity contribution in [3.8, 4) is 5.75 Å². The summed E-state index contributed by atoms with van der Waals surface area (Å²) in [5.74, 6) is 1.56. The molecule has 3 aromatic rings. The van der Waals surface area contributed by atoms with Crippen molar-refractivity contribution in [3.05, 3.63) is 63.9 Å². The van der Waals surface area contributed by atoms with Gasteiger partial charge in [-0.3, -0.25) is 9.36 Å². The maximum atomic E-state index is 13.0. The van der Waals surface area contributed by atoms with Gasteiger partial charge in [-0.2, -0.15) is 0 Å². The number of rotatable bonds is 8. The minimum Gasteiger partial charge on any atom is -0.493 e. The smallest absolute Gasteiger partial charge is 0.262 e. The molecule has 5 nitrogen and oxygen atoms in total. The summed E-state index contributed by atoms with van der Waals surface area (Å²) in [6.45, 7) is 7.08. The van der Waals surface area contributed by atoms with Crippen LogP contribution in [0.15, 0.2) is 52.4 Å². The van der Waals surface area contributed by atoms with E-state index < -0.39 is 0 Å². The van der Waals surface area contributed by atoms with Crippen LogP contribution in [0.4, 0.5) is 0 Å². The molecule has 0 aliphatic heterocycles. The van der Waals surface area contributed by atoms with Gasteiger partial charge in [0.25, 0.3) is 5.56 Å². The number of thioether (sulfide) groups is 1. The Morgan fingerprint density at radius 1 is 1.14 bits per heavy atom. The lowest BCUT2D eigenvalue weighted by Crippen LogP contribution is -2.28. The Balaban J connectivity index is 1.79. The molecule has 0 aliphatic carbocycles. The zero-order valence-corrected chi connectivity index (χ0v) is 17.6. The van der Waals surface area contributed by atoms with E-state index in [1.54, 1.807) is 11.7 Å². The molecule has 0 spiro atoms. The zero-order chi connectivity index (χ0) is 20.1. The number of benzene rings is 2. The summed E-state index contributed by atoms with van der Waals surface area (Å²) in [5, 5.41) is 1.32. The van der Waals surface area contributed by atoms with Crippen LogP contribution < -0.4 is 10.3 Å². The molecule has 0 bridgehead atoms. The predicted molar refractivity (Wildman–Crippen MR) is 115 cm³/mol. The second-order valence-corrected chi connectivity index (χ2v) is 7.97. The third-order valence-corrected chi connectivity index (χ3v) is 5.32. The molecule has 0 N–H and O–H groups in total. The van der Waals surface area contributed by atoms with Crippen LogP contribution in [0, 0.1) is 13.8 Å². The van der Waals surface area contributed by atoms with E-state index in [4.69, 9.17) is 14.5 Å². The minimum absolute atomic E-state index is 0.0344. The SMILES string of the molecule is COCC(C)n1c(SCCOc2cc(C)cc(C)c2)nc2ccccc2c1=O. The largest absolute Gasteiger partial charge is 0.493 e. The summed E-state index contributed by atoms with van der Waals surface area (Å²) >= 11 is 1.53. The van der Waals surface area contributed by atoms with E-state index in [0.29, 0.717) is 35.0 Å². The maximum Gasteiger partial charge on any atom is 0.262 e. The van der Waals surface area contributed by atoms with Gasteiger partial charge in [0.2, 0.25) is 0 Å². The molecule has 2 aromatic carbocycles. The summed E-state index contributed by atoms with van der Waals surface area (Å²) in [6.07, 6.45) is 0. The zero-order valence-electron chi connectivity index (χ0n) is 16.8. The van der Waals surface area contributed by atoms with Crippen LogP contribution in [0.3, 0.4) is 0 Å². The molecule has 6 heteroatoms. The van der Waals surface area contributed by atoms with E-state index in [1.165, 1.54) is 22.9 Å². The molecule has 0 fully saturated rings. The lowest BCUT2D eigenvalue weighted by atomic mass is 10.1. The van der Waals surface area contributed by atoms with Crippen molar-refractivity contribution >= 4 is 22.7 Å². The summed E-state index contributed by atoms with van der Waals surface area (Å²) < 4.78 is 12.9. The fourth-order valence-corrected chi connectivity index (χ4v) is 4.15. The lowest BCUT2D eigenvalue weighted by molar-refractivity contribution is 0.156. The van der Waals surface area contributed by atoms with Crippen molar-refractivity contribution in [3.63, 3.8) is 0 Å². The van der Waals surface area contributed by atoms with E-state index in [1.807, 2.05) is 43.3 Å². The molecule has 0 aliphatic rings. The van der Waals surface area contributed by atoms with Crippen LogP contribution in [0.2, 0.25) is 0 Å². The number of hydrogen-bond acceptors (Lipinski definition) is 5. The summed E-state index contributed by atoms with van der Waals surface area (Å²) in [4.78, 5) is 17.7. The average molecular weight is 399 g/mol. The molecule has 3 rings (SSSR count). The monoisotopic (exact) mass is 398 g/mol. The highest BCUT2D eigenvalue weighted by atomic mass is 32.2. The van der Waals surface area contributed by atoms with Crippen LogP contribution >= 0.6 is 11.8 Å². The Hall–Kier alpha value is -2.31. The van der Waals surface area contributed by atoms with Crippen molar-refractivity contribution in [2.24, 2.45) is 0 Å². The van der Waals surface area contributed by atoms with E-state index in [9.17, 15) is 4.79 Å². The fourth-order valence-electron chi connectivity index (χ4n) is 3.24. The molecular formula is C22H26N2O3S. The van der Waals surface area contributed by atoms with Gasteiger partial charge in [0.05, 0.1) is 30.2 Å². The number of ether oxygens (including phenoxy) is 2. The highest BCUT2D eigenvalue weighted by molar-refractivity contribution is 7.99. The summed E-state index contributed by atoms with van der Waals surface area (Å²) in [7, 11) is 1.64. The van der Waals surface area contributed by atoms with Crippen LogP contribution in [-0.4, -0.2) is 35.6 Å². The van der Waals surface area contributed by atoms with Crippen LogP contribution in [-0.2, 0) is 4.74 Å². The summed E-state index contributed by atoms with van der Waals surface area (Å²) in [6, 6.07) is 13.5. The molecule has 148 valence electrons. The van der Waals surface area contributed by atoms with Crippen molar-refractivity contribution in [2.45, 2.75) is 32.0 Å². The Labute approximate surface area is 169 Å². The summed E-state index contributed by atoms with van der Waals surface area (Å²) in [5.41, 5.74) is 3.04. The first-order valence-electron chi connectivity index (χ1n) is 9.33. The molecule has 1 aromatic heterocycles. The Morgan fingerprint density at radius 3 is 2.57 bits per heavy atom. The molecule has 0 saturated heterocycles. The number of hydrogen-bond donors (Lipinski definition) is 0. The first-order chi connectivity index (χ1) is 13.5. The number of para-hydroxylation sites is 1. The van der Waals surface area contributed by atoms with E-state index in [2.05, 4.69) is 19.9 Å². The fraction of sp³-hybridized carbons (Fsp3) is 0.364. The second-order valence-electron chi connectivity index (χ2n) is 6.91. The first-order valence-corrected chi connectivity index (χ1v) is 10.3. The van der Waals surface area contributed by atoms with Gasteiger partial charge in [0.1, 0.15) is 5.75 Å². The number of fused-ring (bicyclic) bond motifs is 1. The highest BCUT2D eigenvalue weighted by Gasteiger charge is 2.16. The highest BCUT2D eigenvalue weighted by Crippen LogP contribution is 2.22. The predicted octanol–water partition coefficient (Wildman–Crippen LogP) is 4.39. The van der Waals surface area contributed by atoms with E-state index in [-0.39, 0.29) is 11.6 Å². The normalized spacial score (nSPS) is 12.3. The number of aromatic nitrogens is 2. The quantitative estimate of drug-likeness (QED) is 0.320. The van der Waals surface area contributed by atoms with Gasteiger partial charge >= 0.3 is 0 Å². The molecule has 1 heterocycles. The van der Waals surface area contributed by atoms with Crippen molar-refractivity contribution < 1.29 is 9.47 Å². The van der Waals surface area contributed by atoms with Gasteiger partial charge < -0.3 is 9.47 Å². The van der Waals surface area contributed by atoms with Gasteiger partial charge in [-0.25, -0.2) is 4.98 Å².